The molecule has 1 aliphatic rings. The lowest BCUT2D eigenvalue weighted by Crippen LogP contribution is -2.31. The molecule has 0 unspecified atom stereocenters. The minimum Gasteiger partial charge on any atom is -0.356 e. The molecule has 7 heteroatoms. The molecule has 1 aromatic carbocycles. The fourth-order valence-electron chi connectivity index (χ4n) is 2.00. The molecule has 0 spiro atoms. The molecule has 0 aliphatic carbocycles. The maximum Gasteiger partial charge on any atom is 0.240 e. The molecule has 1 heterocycles. The van der Waals surface area contributed by atoms with Gasteiger partial charge < -0.3 is 10.6 Å². The number of carbonyl (C=O) groups is 2. The van der Waals surface area contributed by atoms with Crippen molar-refractivity contribution in [1.82, 2.24) is 10.6 Å². The van der Waals surface area contributed by atoms with Gasteiger partial charge in [0.15, 0.2) is 5.17 Å². The van der Waals surface area contributed by atoms with Gasteiger partial charge in [0.05, 0.1) is 5.71 Å². The van der Waals surface area contributed by atoms with E-state index in [1.165, 1.54) is 17.3 Å². The number of benzene rings is 1. The number of hydrogen-bond donors (Lipinski definition) is 2. The van der Waals surface area contributed by atoms with Gasteiger partial charge in [0.2, 0.25) is 11.8 Å². The minimum atomic E-state index is -0.449. The highest BCUT2D eigenvalue weighted by Crippen LogP contribution is 2.22. The summed E-state index contributed by atoms with van der Waals surface area (Å²) in [6.07, 6.45) is 0.143. The van der Waals surface area contributed by atoms with Crippen molar-refractivity contribution in [3.63, 3.8) is 0 Å². The molecule has 0 saturated carbocycles. The van der Waals surface area contributed by atoms with Gasteiger partial charge in [0, 0.05) is 13.0 Å². The van der Waals surface area contributed by atoms with E-state index < -0.39 is 5.25 Å². The van der Waals surface area contributed by atoms with Crippen molar-refractivity contribution in [3.8, 4) is 0 Å². The number of nitrogens with zero attached hydrogens (tertiary/aromatic N) is 2. The summed E-state index contributed by atoms with van der Waals surface area (Å²) in [5.41, 5.74) is 2.92. The van der Waals surface area contributed by atoms with Gasteiger partial charge in [-0.3, -0.25) is 9.59 Å². The van der Waals surface area contributed by atoms with Gasteiger partial charge in [0.1, 0.15) is 5.25 Å². The van der Waals surface area contributed by atoms with Crippen LogP contribution in [0.15, 0.2) is 34.5 Å². The topological polar surface area (TPSA) is 82.9 Å². The number of hydrogen-bond acceptors (Lipinski definition) is 5. The Morgan fingerprint density at radius 1 is 1.35 bits per heavy atom. The molecule has 0 bridgehead atoms. The number of rotatable bonds is 5. The Kier molecular flexibility index (Phi) is 5.92. The summed E-state index contributed by atoms with van der Waals surface area (Å²) >= 11 is 1.23. The first kappa shape index (κ1) is 17.2. The highest BCUT2D eigenvalue weighted by Gasteiger charge is 2.32. The van der Waals surface area contributed by atoms with Crippen LogP contribution in [0.5, 0.6) is 0 Å². The average molecular weight is 332 g/mol. The maximum atomic E-state index is 11.8. The number of amidine groups is 1. The first-order valence-corrected chi connectivity index (χ1v) is 8.31. The Morgan fingerprint density at radius 2 is 2.04 bits per heavy atom. The lowest BCUT2D eigenvalue weighted by molar-refractivity contribution is -0.125. The van der Waals surface area contributed by atoms with E-state index in [1.807, 2.05) is 45.0 Å². The van der Waals surface area contributed by atoms with Crippen LogP contribution in [0.25, 0.3) is 0 Å². The quantitative estimate of drug-likeness (QED) is 0.637. The second-order valence-electron chi connectivity index (χ2n) is 5.21. The Hall–Kier alpha value is -2.15. The van der Waals surface area contributed by atoms with Crippen LogP contribution in [-0.2, 0) is 9.59 Å². The summed E-state index contributed by atoms with van der Waals surface area (Å²) in [5, 5.41) is 13.6. The maximum absolute atomic E-state index is 11.8. The van der Waals surface area contributed by atoms with E-state index in [0.29, 0.717) is 11.7 Å². The fraction of sp³-hybridized carbons (Fsp3) is 0.375. The molecule has 0 aromatic heterocycles. The highest BCUT2D eigenvalue weighted by atomic mass is 32.2. The molecule has 2 amide bonds. The number of amides is 2. The zero-order chi connectivity index (χ0) is 16.8. The molecular weight excluding hydrogens is 312 g/mol. The summed E-state index contributed by atoms with van der Waals surface area (Å²) < 4.78 is 0. The third-order valence-electron chi connectivity index (χ3n) is 3.28. The van der Waals surface area contributed by atoms with Crippen molar-refractivity contribution in [2.75, 3.05) is 6.54 Å². The van der Waals surface area contributed by atoms with Gasteiger partial charge in [-0.05, 0) is 26.3 Å². The largest absolute Gasteiger partial charge is 0.356 e. The van der Waals surface area contributed by atoms with Crippen LogP contribution in [0, 0.1) is 6.92 Å². The molecule has 0 radical (unpaired) electrons. The number of carbonyl (C=O) groups excluding carboxylic acids is 2. The van der Waals surface area contributed by atoms with Crippen LogP contribution in [0.3, 0.4) is 0 Å². The Balaban J connectivity index is 2.00. The molecule has 122 valence electrons. The monoisotopic (exact) mass is 332 g/mol. The molecule has 1 aliphatic heterocycles. The van der Waals surface area contributed by atoms with Gasteiger partial charge in [-0.15, -0.1) is 5.10 Å². The third kappa shape index (κ3) is 4.92. The number of thioether (sulfide) groups is 1. The molecule has 1 fully saturated rings. The molecule has 1 saturated heterocycles. The van der Waals surface area contributed by atoms with Crippen molar-refractivity contribution < 1.29 is 9.59 Å². The average Bonchev–Trinajstić information content (AvgIpc) is 2.86. The van der Waals surface area contributed by atoms with Crippen LogP contribution in [0.1, 0.15) is 31.4 Å². The van der Waals surface area contributed by atoms with Gasteiger partial charge in [-0.25, -0.2) is 0 Å². The molecular formula is C16H20N4O2S. The number of aryl methyl sites for hydroxylation is 1. The molecule has 1 atom stereocenters. The van der Waals surface area contributed by atoms with Crippen LogP contribution in [-0.4, -0.2) is 34.5 Å². The standard InChI is InChI=1S/C16H20N4O2S/c1-4-17-14(21)9-13-15(22)18-16(23-13)20-19-11(3)12-7-5-10(2)6-8-12/h5-8,13H,4,9H2,1-3H3,(H,17,21)(H,18,20,22)/b19-11-/t13-/m1/s1. The molecule has 23 heavy (non-hydrogen) atoms. The van der Waals surface area contributed by atoms with Crippen molar-refractivity contribution in [2.45, 2.75) is 32.4 Å². The smallest absolute Gasteiger partial charge is 0.240 e. The van der Waals surface area contributed by atoms with Gasteiger partial charge in [-0.2, -0.15) is 5.10 Å². The first-order chi connectivity index (χ1) is 11.0. The van der Waals surface area contributed by atoms with Crippen LogP contribution in [0.2, 0.25) is 0 Å². The third-order valence-corrected chi connectivity index (χ3v) is 4.35. The van der Waals surface area contributed by atoms with Crippen LogP contribution < -0.4 is 10.6 Å². The lowest BCUT2D eigenvalue weighted by atomic mass is 10.1. The van der Waals surface area contributed by atoms with E-state index in [1.54, 1.807) is 0 Å². The van der Waals surface area contributed by atoms with Crippen molar-refractivity contribution in [3.05, 3.63) is 35.4 Å². The van der Waals surface area contributed by atoms with Crippen molar-refractivity contribution >= 4 is 34.5 Å². The summed E-state index contributed by atoms with van der Waals surface area (Å²) in [6.45, 7) is 6.28. The van der Waals surface area contributed by atoms with Gasteiger partial charge >= 0.3 is 0 Å². The predicted molar refractivity (Wildman–Crippen MR) is 93.6 cm³/mol. The predicted octanol–water partition coefficient (Wildman–Crippen LogP) is 1.83. The van der Waals surface area contributed by atoms with E-state index in [2.05, 4.69) is 20.8 Å². The lowest BCUT2D eigenvalue weighted by Gasteiger charge is -2.04. The van der Waals surface area contributed by atoms with E-state index >= 15 is 0 Å². The Bertz CT molecular complexity index is 653. The second kappa shape index (κ2) is 7.92. The van der Waals surface area contributed by atoms with Crippen LogP contribution in [0.4, 0.5) is 0 Å². The number of nitrogens with one attached hydrogen (secondary N) is 2. The second-order valence-corrected chi connectivity index (χ2v) is 6.40. The first-order valence-electron chi connectivity index (χ1n) is 7.43. The zero-order valence-electron chi connectivity index (χ0n) is 13.4. The van der Waals surface area contributed by atoms with Gasteiger partial charge in [-0.1, -0.05) is 41.6 Å². The highest BCUT2D eigenvalue weighted by molar-refractivity contribution is 8.15. The zero-order valence-corrected chi connectivity index (χ0v) is 14.2. The molecule has 2 rings (SSSR count). The summed E-state index contributed by atoms with van der Waals surface area (Å²) in [5.74, 6) is -0.344. The van der Waals surface area contributed by atoms with E-state index in [4.69, 9.17) is 0 Å². The summed E-state index contributed by atoms with van der Waals surface area (Å²) in [6, 6.07) is 7.98. The SMILES string of the molecule is CCNC(=O)C[C@H]1S/C(=N/N=C(/C)c2ccc(C)cc2)NC1=O. The summed E-state index contributed by atoms with van der Waals surface area (Å²) in [7, 11) is 0. The normalized spacial score (nSPS) is 19.8. The molecule has 2 N–H and O–H groups in total. The Labute approximate surface area is 139 Å². The minimum absolute atomic E-state index is 0.138. The summed E-state index contributed by atoms with van der Waals surface area (Å²) in [4.78, 5) is 23.4. The fourth-order valence-corrected chi connectivity index (χ4v) is 2.91. The van der Waals surface area contributed by atoms with Crippen molar-refractivity contribution in [2.24, 2.45) is 10.2 Å². The Morgan fingerprint density at radius 3 is 2.70 bits per heavy atom. The molecule has 6 nitrogen and oxygen atoms in total. The van der Waals surface area contributed by atoms with E-state index in [0.717, 1.165) is 11.3 Å². The van der Waals surface area contributed by atoms with E-state index in [9.17, 15) is 9.59 Å². The van der Waals surface area contributed by atoms with Crippen molar-refractivity contribution in [1.29, 1.82) is 0 Å². The van der Waals surface area contributed by atoms with Crippen LogP contribution >= 0.6 is 11.8 Å². The van der Waals surface area contributed by atoms with E-state index in [-0.39, 0.29) is 18.2 Å². The molecule has 1 aromatic rings. The van der Waals surface area contributed by atoms with Gasteiger partial charge in [0.25, 0.3) is 0 Å².